The Kier molecular flexibility index (Phi) is 7.24. The molecule has 2 aliphatic heterocycles. The van der Waals surface area contributed by atoms with Crippen molar-refractivity contribution >= 4 is 5.69 Å². The van der Waals surface area contributed by atoms with E-state index in [-0.39, 0.29) is 19.0 Å². The average molecular weight is 459 g/mol. The van der Waals surface area contributed by atoms with Gasteiger partial charge in [-0.15, -0.1) is 0 Å². The Bertz CT molecular complexity index is 930. The highest BCUT2D eigenvalue weighted by atomic mass is 19.1. The van der Waals surface area contributed by atoms with Crippen LogP contribution >= 0.6 is 0 Å². The molecule has 7 heteroatoms. The molecule has 2 aliphatic rings. The van der Waals surface area contributed by atoms with E-state index in [1.165, 1.54) is 17.3 Å². The molecule has 2 heterocycles. The number of β-amino-alcohol motifs (C(OH)–C–C–N with tert-alkyl or cyclic N) is 2. The first-order chi connectivity index (χ1) is 15.7. The number of hydrogen-bond donors (Lipinski definition) is 2. The zero-order chi connectivity index (χ0) is 23.5. The van der Waals surface area contributed by atoms with Gasteiger partial charge in [-0.1, -0.05) is 17.7 Å². The van der Waals surface area contributed by atoms with Crippen molar-refractivity contribution in [3.63, 3.8) is 0 Å². The molecular formula is C26H35FN2O4. The molecule has 1 unspecified atom stereocenters. The zero-order valence-corrected chi connectivity index (χ0v) is 19.6. The number of ether oxygens (including phenoxy) is 2. The SMILES string of the molecule is Cc1ccc(N2CCC(O)(CN3CCOCC(O)(COc4ccc(F)c(C)c4)C3)CC2)cc1. The first kappa shape index (κ1) is 24.0. The highest BCUT2D eigenvalue weighted by Gasteiger charge is 2.39. The lowest BCUT2D eigenvalue weighted by Gasteiger charge is -2.42. The molecule has 2 aromatic rings. The van der Waals surface area contributed by atoms with Crippen molar-refractivity contribution in [1.82, 2.24) is 4.90 Å². The Morgan fingerprint density at radius 1 is 1.00 bits per heavy atom. The van der Waals surface area contributed by atoms with E-state index in [0.717, 1.165) is 13.1 Å². The van der Waals surface area contributed by atoms with Crippen LogP contribution in [0.25, 0.3) is 0 Å². The lowest BCUT2D eigenvalue weighted by molar-refractivity contribution is -0.0742. The van der Waals surface area contributed by atoms with Crippen molar-refractivity contribution in [2.45, 2.75) is 37.9 Å². The normalized spacial score (nSPS) is 23.8. The summed E-state index contributed by atoms with van der Waals surface area (Å²) in [4.78, 5) is 4.39. The molecule has 0 amide bonds. The fourth-order valence-electron chi connectivity index (χ4n) is 4.65. The van der Waals surface area contributed by atoms with Crippen molar-refractivity contribution in [2.75, 3.05) is 57.4 Å². The van der Waals surface area contributed by atoms with E-state index >= 15 is 0 Å². The minimum atomic E-state index is -1.21. The van der Waals surface area contributed by atoms with Gasteiger partial charge in [0.1, 0.15) is 23.8 Å². The van der Waals surface area contributed by atoms with Gasteiger partial charge >= 0.3 is 0 Å². The van der Waals surface area contributed by atoms with Crippen LogP contribution in [0.5, 0.6) is 5.75 Å². The molecule has 2 fully saturated rings. The van der Waals surface area contributed by atoms with Gasteiger partial charge in [-0.2, -0.15) is 0 Å². The lowest BCUT2D eigenvalue weighted by atomic mass is 9.90. The van der Waals surface area contributed by atoms with Gasteiger partial charge in [-0.25, -0.2) is 4.39 Å². The number of aryl methyl sites for hydroxylation is 2. The first-order valence-electron chi connectivity index (χ1n) is 11.7. The highest BCUT2D eigenvalue weighted by molar-refractivity contribution is 5.48. The summed E-state index contributed by atoms with van der Waals surface area (Å²) in [5.74, 6) is 0.229. The Labute approximate surface area is 195 Å². The van der Waals surface area contributed by atoms with Crippen LogP contribution in [-0.2, 0) is 4.74 Å². The zero-order valence-electron chi connectivity index (χ0n) is 19.6. The third-order valence-corrected chi connectivity index (χ3v) is 6.69. The third-order valence-electron chi connectivity index (χ3n) is 6.69. The summed E-state index contributed by atoms with van der Waals surface area (Å²) in [6.45, 7) is 7.49. The molecule has 2 saturated heterocycles. The molecule has 33 heavy (non-hydrogen) atoms. The minimum absolute atomic E-state index is 0.0359. The Morgan fingerprint density at radius 2 is 1.73 bits per heavy atom. The quantitative estimate of drug-likeness (QED) is 0.694. The van der Waals surface area contributed by atoms with Gasteiger partial charge in [0.25, 0.3) is 0 Å². The standard InChI is InChI=1S/C26H35FN2O4/c1-20-3-5-22(6-4-20)29-11-9-25(30,10-12-29)16-28-13-14-32-18-26(31,17-28)19-33-23-7-8-24(27)21(2)15-23/h3-8,15,30-31H,9-14,16-19H2,1-2H3. The first-order valence-corrected chi connectivity index (χ1v) is 11.7. The van der Waals surface area contributed by atoms with E-state index in [2.05, 4.69) is 41.0 Å². The van der Waals surface area contributed by atoms with Crippen LogP contribution in [0.1, 0.15) is 24.0 Å². The molecule has 0 bridgehead atoms. The van der Waals surface area contributed by atoms with Crippen molar-refractivity contribution in [3.05, 3.63) is 59.4 Å². The smallest absolute Gasteiger partial charge is 0.134 e. The summed E-state index contributed by atoms with van der Waals surface area (Å²) in [6.07, 6.45) is 1.34. The Morgan fingerprint density at radius 3 is 2.42 bits per heavy atom. The number of halogens is 1. The van der Waals surface area contributed by atoms with E-state index in [9.17, 15) is 14.6 Å². The second kappa shape index (κ2) is 9.97. The van der Waals surface area contributed by atoms with Gasteiger partial charge in [-0.3, -0.25) is 4.90 Å². The van der Waals surface area contributed by atoms with E-state index in [1.807, 2.05) is 0 Å². The number of hydrogen-bond acceptors (Lipinski definition) is 6. The van der Waals surface area contributed by atoms with Crippen molar-refractivity contribution in [3.8, 4) is 5.75 Å². The van der Waals surface area contributed by atoms with Crippen molar-refractivity contribution in [2.24, 2.45) is 0 Å². The highest BCUT2D eigenvalue weighted by Crippen LogP contribution is 2.28. The maximum Gasteiger partial charge on any atom is 0.134 e. The van der Waals surface area contributed by atoms with Crippen LogP contribution in [-0.4, -0.2) is 78.9 Å². The maximum absolute atomic E-state index is 13.5. The number of piperidine rings is 1. The Balaban J connectivity index is 1.33. The van der Waals surface area contributed by atoms with Crippen LogP contribution in [0.3, 0.4) is 0 Å². The van der Waals surface area contributed by atoms with E-state index in [0.29, 0.717) is 50.4 Å². The minimum Gasteiger partial charge on any atom is -0.490 e. The topological polar surface area (TPSA) is 65.4 Å². The molecule has 2 aromatic carbocycles. The summed E-state index contributed by atoms with van der Waals surface area (Å²) in [7, 11) is 0. The molecule has 180 valence electrons. The van der Waals surface area contributed by atoms with Gasteiger partial charge in [0.05, 0.1) is 18.8 Å². The number of rotatable bonds is 6. The summed E-state index contributed by atoms with van der Waals surface area (Å²) < 4.78 is 24.9. The second-order valence-corrected chi connectivity index (χ2v) is 9.73. The predicted octanol–water partition coefficient (Wildman–Crippen LogP) is 2.92. The molecule has 0 saturated carbocycles. The molecule has 1 atom stereocenters. The average Bonchev–Trinajstić information content (AvgIpc) is 2.97. The van der Waals surface area contributed by atoms with Crippen LogP contribution < -0.4 is 9.64 Å². The maximum atomic E-state index is 13.5. The van der Waals surface area contributed by atoms with E-state index < -0.39 is 11.2 Å². The van der Waals surface area contributed by atoms with Crippen molar-refractivity contribution in [1.29, 1.82) is 0 Å². The van der Waals surface area contributed by atoms with Gasteiger partial charge in [0.2, 0.25) is 0 Å². The fourth-order valence-corrected chi connectivity index (χ4v) is 4.65. The monoisotopic (exact) mass is 458 g/mol. The molecular weight excluding hydrogens is 423 g/mol. The largest absolute Gasteiger partial charge is 0.490 e. The van der Waals surface area contributed by atoms with Gasteiger partial charge in [0, 0.05) is 38.4 Å². The number of nitrogens with zero attached hydrogens (tertiary/aromatic N) is 2. The summed E-state index contributed by atoms with van der Waals surface area (Å²) >= 11 is 0. The number of anilines is 1. The molecule has 4 rings (SSSR count). The lowest BCUT2D eigenvalue weighted by Crippen LogP contribution is -2.55. The van der Waals surface area contributed by atoms with Crippen LogP contribution in [0.15, 0.2) is 42.5 Å². The molecule has 0 aliphatic carbocycles. The predicted molar refractivity (Wildman–Crippen MR) is 126 cm³/mol. The molecule has 6 nitrogen and oxygen atoms in total. The van der Waals surface area contributed by atoms with Crippen LogP contribution in [0.2, 0.25) is 0 Å². The fraction of sp³-hybridized carbons (Fsp3) is 0.538. The third kappa shape index (κ3) is 6.23. The summed E-state index contributed by atoms with van der Waals surface area (Å²) in [5.41, 5.74) is 0.909. The van der Waals surface area contributed by atoms with E-state index in [1.54, 1.807) is 19.1 Å². The van der Waals surface area contributed by atoms with Gasteiger partial charge in [0.15, 0.2) is 0 Å². The molecule has 0 radical (unpaired) electrons. The van der Waals surface area contributed by atoms with Crippen LogP contribution in [0, 0.1) is 19.7 Å². The van der Waals surface area contributed by atoms with E-state index in [4.69, 9.17) is 9.47 Å². The molecule has 0 spiro atoms. The molecule has 2 N–H and O–H groups in total. The summed E-state index contributed by atoms with van der Waals surface area (Å²) in [5, 5.41) is 22.5. The van der Waals surface area contributed by atoms with Gasteiger partial charge in [-0.05, 0) is 62.6 Å². The summed E-state index contributed by atoms with van der Waals surface area (Å²) in [6, 6.07) is 13.0. The second-order valence-electron chi connectivity index (χ2n) is 9.73. The van der Waals surface area contributed by atoms with Crippen LogP contribution in [0.4, 0.5) is 10.1 Å². The van der Waals surface area contributed by atoms with Crippen molar-refractivity contribution < 1.29 is 24.1 Å². The Hall–Kier alpha value is -2.19. The number of aliphatic hydroxyl groups is 2. The van der Waals surface area contributed by atoms with Gasteiger partial charge < -0.3 is 24.6 Å². The molecule has 0 aromatic heterocycles. The number of benzene rings is 2.